The van der Waals surface area contributed by atoms with Gasteiger partial charge in [0.25, 0.3) is 0 Å². The van der Waals surface area contributed by atoms with Crippen LogP contribution in [0.15, 0.2) is 52.7 Å². The van der Waals surface area contributed by atoms with Gasteiger partial charge in [-0.2, -0.15) is 0 Å². The second-order valence-corrected chi connectivity index (χ2v) is 10.4. The third-order valence-electron chi connectivity index (χ3n) is 5.51. The van der Waals surface area contributed by atoms with Gasteiger partial charge in [0.15, 0.2) is 9.34 Å². The molecule has 1 fully saturated rings. The van der Waals surface area contributed by atoms with Gasteiger partial charge >= 0.3 is 6.03 Å². The Morgan fingerprint density at radius 3 is 2.59 bits per heavy atom. The first-order valence-electron chi connectivity index (χ1n) is 10.1. The van der Waals surface area contributed by atoms with E-state index in [4.69, 9.17) is 5.14 Å². The van der Waals surface area contributed by atoms with E-state index in [1.54, 1.807) is 30.0 Å². The number of sulfonamides is 1. The van der Waals surface area contributed by atoms with E-state index in [1.807, 2.05) is 31.2 Å². The molecule has 0 saturated carbocycles. The van der Waals surface area contributed by atoms with Gasteiger partial charge in [-0.1, -0.05) is 47.7 Å². The van der Waals surface area contributed by atoms with Crippen LogP contribution in [-0.2, 0) is 10.0 Å². The zero-order chi connectivity index (χ0) is 23.0. The van der Waals surface area contributed by atoms with Crippen molar-refractivity contribution in [2.24, 2.45) is 5.14 Å². The van der Waals surface area contributed by atoms with Crippen molar-refractivity contribution in [3.63, 3.8) is 0 Å². The topological polar surface area (TPSA) is 96.6 Å². The summed E-state index contributed by atoms with van der Waals surface area (Å²) in [6.45, 7) is 4.47. The number of nitrogens with zero attached hydrogens (tertiary/aromatic N) is 3. The van der Waals surface area contributed by atoms with Crippen molar-refractivity contribution in [3.8, 4) is 11.1 Å². The maximum absolute atomic E-state index is 14.3. The lowest BCUT2D eigenvalue weighted by Crippen LogP contribution is -2.50. The third kappa shape index (κ3) is 4.25. The van der Waals surface area contributed by atoms with Crippen molar-refractivity contribution in [3.05, 3.63) is 65.6 Å². The molecule has 1 aromatic heterocycles. The van der Waals surface area contributed by atoms with Crippen molar-refractivity contribution in [1.29, 1.82) is 0 Å². The van der Waals surface area contributed by atoms with Gasteiger partial charge in [0, 0.05) is 18.7 Å². The number of primary sulfonamides is 1. The summed E-state index contributed by atoms with van der Waals surface area (Å²) in [6, 6.07) is 13.5. The molecule has 7 nitrogen and oxygen atoms in total. The Bertz CT molecular complexity index is 1280. The second kappa shape index (κ2) is 8.61. The minimum absolute atomic E-state index is 0.0388. The SMILES string of the molecule is Cc1nc(N2CCCN(C(C)c3cccc(-c4ccccc4F)c3)C2=O)sc1S(N)(=O)=O. The number of urea groups is 1. The van der Waals surface area contributed by atoms with E-state index in [9.17, 15) is 17.6 Å². The van der Waals surface area contributed by atoms with Crippen molar-refractivity contribution in [2.45, 2.75) is 30.5 Å². The van der Waals surface area contributed by atoms with Crippen molar-refractivity contribution in [1.82, 2.24) is 9.88 Å². The highest BCUT2D eigenvalue weighted by Crippen LogP contribution is 2.34. The summed E-state index contributed by atoms with van der Waals surface area (Å²) in [4.78, 5) is 20.8. The van der Waals surface area contributed by atoms with E-state index in [2.05, 4.69) is 4.98 Å². The van der Waals surface area contributed by atoms with Crippen LogP contribution in [0.25, 0.3) is 11.1 Å². The first-order valence-corrected chi connectivity index (χ1v) is 12.5. The van der Waals surface area contributed by atoms with Crippen LogP contribution in [-0.4, -0.2) is 37.4 Å². The van der Waals surface area contributed by atoms with Gasteiger partial charge in [0.05, 0.1) is 11.7 Å². The van der Waals surface area contributed by atoms with Crippen LogP contribution in [0.3, 0.4) is 0 Å². The number of aromatic nitrogens is 1. The summed E-state index contributed by atoms with van der Waals surface area (Å²) in [5.74, 6) is -0.303. The highest BCUT2D eigenvalue weighted by atomic mass is 32.2. The fourth-order valence-corrected chi connectivity index (χ4v) is 5.84. The van der Waals surface area contributed by atoms with Gasteiger partial charge in [0.2, 0.25) is 10.0 Å². The van der Waals surface area contributed by atoms with Gasteiger partial charge in [-0.25, -0.2) is 27.7 Å². The number of thiazole rings is 1. The molecule has 1 unspecified atom stereocenters. The molecule has 2 amide bonds. The van der Waals surface area contributed by atoms with Crippen LogP contribution < -0.4 is 10.0 Å². The zero-order valence-corrected chi connectivity index (χ0v) is 19.3. The molecule has 0 radical (unpaired) electrons. The molecule has 3 aromatic rings. The molecule has 2 heterocycles. The molecular formula is C22H23FN4O3S2. The smallest absolute Gasteiger partial charge is 0.317 e. The highest BCUT2D eigenvalue weighted by molar-refractivity contribution is 7.91. The number of amides is 2. The number of hydrogen-bond donors (Lipinski definition) is 1. The lowest BCUT2D eigenvalue weighted by Gasteiger charge is -2.38. The Hall–Kier alpha value is -2.82. The lowest BCUT2D eigenvalue weighted by atomic mass is 9.99. The quantitative estimate of drug-likeness (QED) is 0.596. The molecule has 1 atom stereocenters. The van der Waals surface area contributed by atoms with Gasteiger partial charge < -0.3 is 4.90 Å². The van der Waals surface area contributed by atoms with Crippen LogP contribution in [0.5, 0.6) is 0 Å². The van der Waals surface area contributed by atoms with E-state index in [0.29, 0.717) is 30.2 Å². The molecule has 1 aliphatic rings. The highest BCUT2D eigenvalue weighted by Gasteiger charge is 2.33. The Labute approximate surface area is 190 Å². The van der Waals surface area contributed by atoms with Gasteiger partial charge in [-0.15, -0.1) is 0 Å². The van der Waals surface area contributed by atoms with Gasteiger partial charge in [-0.05, 0) is 43.5 Å². The minimum atomic E-state index is -3.90. The summed E-state index contributed by atoms with van der Waals surface area (Å²) >= 11 is 0.900. The number of nitrogens with two attached hydrogens (primary N) is 1. The van der Waals surface area contributed by atoms with Crippen LogP contribution in [0.1, 0.15) is 30.6 Å². The largest absolute Gasteiger partial charge is 0.326 e. The Balaban J connectivity index is 1.61. The lowest BCUT2D eigenvalue weighted by molar-refractivity contribution is 0.175. The molecule has 2 aromatic carbocycles. The fraction of sp³-hybridized carbons (Fsp3) is 0.273. The normalized spacial score (nSPS) is 15.8. The van der Waals surface area contributed by atoms with Crippen LogP contribution in [0.2, 0.25) is 0 Å². The molecule has 1 aliphatic heterocycles. The minimum Gasteiger partial charge on any atom is -0.317 e. The van der Waals surface area contributed by atoms with Crippen molar-refractivity contribution in [2.75, 3.05) is 18.0 Å². The summed E-state index contributed by atoms with van der Waals surface area (Å²) in [5, 5.41) is 5.57. The number of hydrogen-bond acceptors (Lipinski definition) is 5. The van der Waals surface area contributed by atoms with E-state index in [1.165, 1.54) is 11.0 Å². The number of anilines is 1. The predicted octanol–water partition coefficient (Wildman–Crippen LogP) is 4.30. The molecular weight excluding hydrogens is 451 g/mol. The van der Waals surface area contributed by atoms with Crippen molar-refractivity contribution < 1.29 is 17.6 Å². The fourth-order valence-electron chi connectivity index (χ4n) is 3.87. The average Bonchev–Trinajstić information content (AvgIpc) is 3.16. The molecule has 4 rings (SSSR count). The van der Waals surface area contributed by atoms with E-state index >= 15 is 0 Å². The standard InChI is InChI=1S/C22H23FN4O3S2/c1-14-20(32(24,29)30)31-21(25-14)27-12-6-11-26(22(27)28)15(2)16-7-5-8-17(13-16)18-9-3-4-10-19(18)23/h3-5,7-10,13,15H,6,11-12H2,1-2H3,(H2,24,29,30). The Morgan fingerprint density at radius 2 is 1.91 bits per heavy atom. The Morgan fingerprint density at radius 1 is 1.16 bits per heavy atom. The first-order chi connectivity index (χ1) is 15.2. The molecule has 2 N–H and O–H groups in total. The number of halogens is 1. The maximum Gasteiger partial charge on any atom is 0.326 e. The Kier molecular flexibility index (Phi) is 6.02. The van der Waals surface area contributed by atoms with E-state index < -0.39 is 10.0 Å². The first kappa shape index (κ1) is 22.4. The maximum atomic E-state index is 14.3. The summed E-state index contributed by atoms with van der Waals surface area (Å²) in [5.41, 5.74) is 2.40. The molecule has 1 saturated heterocycles. The van der Waals surface area contributed by atoms with Gasteiger partial charge in [-0.3, -0.25) is 4.90 Å². The number of carbonyl (C=O) groups excluding carboxylic acids is 1. The zero-order valence-electron chi connectivity index (χ0n) is 17.7. The van der Waals surface area contributed by atoms with Gasteiger partial charge in [0.1, 0.15) is 5.82 Å². The molecule has 32 heavy (non-hydrogen) atoms. The van der Waals surface area contributed by atoms with Crippen LogP contribution in [0, 0.1) is 12.7 Å². The number of aryl methyl sites for hydroxylation is 1. The molecule has 0 aliphatic carbocycles. The third-order valence-corrected chi connectivity index (χ3v) is 8.25. The number of rotatable bonds is 5. The molecule has 10 heteroatoms. The second-order valence-electron chi connectivity index (χ2n) is 7.68. The average molecular weight is 475 g/mol. The molecule has 0 spiro atoms. The monoisotopic (exact) mass is 474 g/mol. The van der Waals surface area contributed by atoms with Crippen LogP contribution in [0.4, 0.5) is 14.3 Å². The predicted molar refractivity (Wildman–Crippen MR) is 123 cm³/mol. The summed E-state index contributed by atoms with van der Waals surface area (Å²) in [6.07, 6.45) is 0.701. The molecule has 168 valence electrons. The molecule has 0 bridgehead atoms. The summed E-state index contributed by atoms with van der Waals surface area (Å²) in [7, 11) is -3.90. The van der Waals surface area contributed by atoms with E-state index in [0.717, 1.165) is 22.5 Å². The van der Waals surface area contributed by atoms with Crippen LogP contribution >= 0.6 is 11.3 Å². The summed E-state index contributed by atoms with van der Waals surface area (Å²) < 4.78 is 37.8. The number of carbonyl (C=O) groups is 1. The number of benzene rings is 2. The van der Waals surface area contributed by atoms with Crippen molar-refractivity contribution >= 4 is 32.5 Å². The van der Waals surface area contributed by atoms with E-state index in [-0.39, 0.29) is 27.8 Å².